The number of benzene rings is 2. The Hall–Kier alpha value is -2.33. The summed E-state index contributed by atoms with van der Waals surface area (Å²) in [7, 11) is 0. The molecule has 0 heterocycles. The molecule has 2 aromatic rings. The van der Waals surface area contributed by atoms with Crippen LogP contribution in [0.3, 0.4) is 0 Å². The third kappa shape index (κ3) is 4.20. The first-order valence-electron chi connectivity index (χ1n) is 8.08. The van der Waals surface area contributed by atoms with E-state index in [-0.39, 0.29) is 11.8 Å². The van der Waals surface area contributed by atoms with Crippen molar-refractivity contribution in [1.29, 1.82) is 0 Å². The fraction of sp³-hybridized carbons (Fsp3) is 0.300. The van der Waals surface area contributed by atoms with Crippen LogP contribution in [0.25, 0.3) is 0 Å². The minimum absolute atomic E-state index is 0.353. The quantitative estimate of drug-likeness (QED) is 0.766. The molecule has 0 aromatic heterocycles. The molecule has 0 unspecified atom stereocenters. The number of anilines is 2. The van der Waals surface area contributed by atoms with Crippen molar-refractivity contribution >= 4 is 34.8 Å². The SMILES string of the molecule is Cc1cc(Cl)ccc1NC(=O)C(C)(C)C(=O)Nc1c(C)cccc1C. The standard InChI is InChI=1S/C20H23ClN2O2/c1-12-7-6-8-13(2)17(12)23-19(25)20(4,5)18(24)22-16-10-9-15(21)11-14(16)3/h6-11H,1-5H3,(H,22,24)(H,23,25). The first kappa shape index (κ1) is 19.0. The second kappa shape index (κ2) is 7.28. The van der Waals surface area contributed by atoms with E-state index in [4.69, 9.17) is 11.6 Å². The van der Waals surface area contributed by atoms with Gasteiger partial charge >= 0.3 is 0 Å². The molecule has 0 bridgehead atoms. The molecule has 2 rings (SSSR count). The Morgan fingerprint density at radius 1 is 0.880 bits per heavy atom. The number of carbonyl (C=O) groups is 2. The second-order valence-corrected chi connectivity index (χ2v) is 7.20. The summed E-state index contributed by atoms with van der Waals surface area (Å²) in [6.07, 6.45) is 0. The highest BCUT2D eigenvalue weighted by Crippen LogP contribution is 2.26. The third-order valence-corrected chi connectivity index (χ3v) is 4.53. The van der Waals surface area contributed by atoms with Crippen molar-refractivity contribution in [2.45, 2.75) is 34.6 Å². The second-order valence-electron chi connectivity index (χ2n) is 6.76. The van der Waals surface area contributed by atoms with E-state index in [0.29, 0.717) is 10.7 Å². The van der Waals surface area contributed by atoms with E-state index in [9.17, 15) is 9.59 Å². The molecular formula is C20H23ClN2O2. The van der Waals surface area contributed by atoms with Crippen molar-refractivity contribution in [3.05, 3.63) is 58.1 Å². The zero-order chi connectivity index (χ0) is 18.8. The minimum atomic E-state index is -1.24. The monoisotopic (exact) mass is 358 g/mol. The molecule has 0 aliphatic carbocycles. The number of halogens is 1. The molecule has 0 aliphatic rings. The van der Waals surface area contributed by atoms with Gasteiger partial charge in [0.2, 0.25) is 11.8 Å². The summed E-state index contributed by atoms with van der Waals surface area (Å²) in [6.45, 7) is 8.91. The van der Waals surface area contributed by atoms with Gasteiger partial charge in [-0.1, -0.05) is 29.8 Å². The summed E-state index contributed by atoms with van der Waals surface area (Å²) in [5, 5.41) is 6.30. The minimum Gasteiger partial charge on any atom is -0.325 e. The van der Waals surface area contributed by atoms with Crippen molar-refractivity contribution in [1.82, 2.24) is 0 Å². The molecule has 0 radical (unpaired) electrons. The van der Waals surface area contributed by atoms with Gasteiger partial charge in [-0.2, -0.15) is 0 Å². The fourth-order valence-corrected chi connectivity index (χ4v) is 2.66. The molecule has 2 N–H and O–H groups in total. The highest BCUT2D eigenvalue weighted by atomic mass is 35.5. The number of nitrogens with one attached hydrogen (secondary N) is 2. The Bertz CT molecular complexity index is 808. The Morgan fingerprint density at radius 3 is 2.00 bits per heavy atom. The molecule has 132 valence electrons. The third-order valence-electron chi connectivity index (χ3n) is 4.29. The number of rotatable bonds is 4. The maximum atomic E-state index is 12.7. The van der Waals surface area contributed by atoms with Gasteiger partial charge in [-0.15, -0.1) is 0 Å². The first-order chi connectivity index (χ1) is 11.6. The lowest BCUT2D eigenvalue weighted by atomic mass is 9.90. The molecule has 2 amide bonds. The predicted octanol–water partition coefficient (Wildman–Crippen LogP) is 4.87. The summed E-state index contributed by atoms with van der Waals surface area (Å²) >= 11 is 5.94. The number of hydrogen-bond donors (Lipinski definition) is 2. The molecule has 0 saturated heterocycles. The Balaban J connectivity index is 2.18. The smallest absolute Gasteiger partial charge is 0.239 e. The van der Waals surface area contributed by atoms with Gasteiger partial charge in [-0.05, 0) is 69.5 Å². The molecule has 25 heavy (non-hydrogen) atoms. The van der Waals surface area contributed by atoms with Gasteiger partial charge in [-0.3, -0.25) is 9.59 Å². The maximum Gasteiger partial charge on any atom is 0.239 e. The average Bonchev–Trinajstić information content (AvgIpc) is 2.53. The molecule has 4 nitrogen and oxygen atoms in total. The predicted molar refractivity (Wildman–Crippen MR) is 103 cm³/mol. The van der Waals surface area contributed by atoms with Crippen molar-refractivity contribution in [2.24, 2.45) is 5.41 Å². The molecular weight excluding hydrogens is 336 g/mol. The van der Waals surface area contributed by atoms with Crippen molar-refractivity contribution in [3.8, 4) is 0 Å². The van der Waals surface area contributed by atoms with Gasteiger partial charge in [0.1, 0.15) is 5.41 Å². The highest BCUT2D eigenvalue weighted by molar-refractivity contribution is 6.30. The number of amides is 2. The van der Waals surface area contributed by atoms with E-state index in [2.05, 4.69) is 10.6 Å². The van der Waals surface area contributed by atoms with Gasteiger partial charge in [0.15, 0.2) is 0 Å². The van der Waals surface area contributed by atoms with Gasteiger partial charge in [-0.25, -0.2) is 0 Å². The van der Waals surface area contributed by atoms with Crippen molar-refractivity contribution in [2.75, 3.05) is 10.6 Å². The van der Waals surface area contributed by atoms with Crippen LogP contribution in [0.15, 0.2) is 36.4 Å². The van der Waals surface area contributed by atoms with Crippen LogP contribution in [0, 0.1) is 26.2 Å². The molecule has 5 heteroatoms. The van der Waals surface area contributed by atoms with Crippen LogP contribution in [0.2, 0.25) is 5.02 Å². The van der Waals surface area contributed by atoms with Gasteiger partial charge in [0, 0.05) is 16.4 Å². The summed E-state index contributed by atoms with van der Waals surface area (Å²) in [6, 6.07) is 11.0. The number of para-hydroxylation sites is 1. The van der Waals surface area contributed by atoms with Gasteiger partial charge in [0.05, 0.1) is 0 Å². The zero-order valence-electron chi connectivity index (χ0n) is 15.2. The molecule has 2 aromatic carbocycles. The van der Waals surface area contributed by atoms with Crippen LogP contribution in [0.4, 0.5) is 11.4 Å². The Labute approximate surface area is 153 Å². The van der Waals surface area contributed by atoms with E-state index in [1.807, 2.05) is 39.0 Å². The molecule has 0 fully saturated rings. The Morgan fingerprint density at radius 2 is 1.44 bits per heavy atom. The van der Waals surface area contributed by atoms with E-state index in [0.717, 1.165) is 22.4 Å². The molecule has 0 saturated carbocycles. The summed E-state index contributed by atoms with van der Waals surface area (Å²) in [4.78, 5) is 25.4. The van der Waals surface area contributed by atoms with Crippen LogP contribution in [-0.4, -0.2) is 11.8 Å². The molecule has 0 aliphatic heterocycles. The van der Waals surface area contributed by atoms with Crippen molar-refractivity contribution < 1.29 is 9.59 Å². The van der Waals surface area contributed by atoms with E-state index in [1.165, 1.54) is 0 Å². The van der Waals surface area contributed by atoms with E-state index in [1.54, 1.807) is 32.0 Å². The summed E-state index contributed by atoms with van der Waals surface area (Å²) < 4.78 is 0. The van der Waals surface area contributed by atoms with Crippen molar-refractivity contribution in [3.63, 3.8) is 0 Å². The fourth-order valence-electron chi connectivity index (χ4n) is 2.43. The van der Waals surface area contributed by atoms with Gasteiger partial charge in [0.25, 0.3) is 0 Å². The lowest BCUT2D eigenvalue weighted by Crippen LogP contribution is -2.42. The highest BCUT2D eigenvalue weighted by Gasteiger charge is 2.36. The summed E-state index contributed by atoms with van der Waals surface area (Å²) in [5.74, 6) is -0.726. The van der Waals surface area contributed by atoms with Crippen LogP contribution in [0.1, 0.15) is 30.5 Å². The normalized spacial score (nSPS) is 11.1. The lowest BCUT2D eigenvalue weighted by Gasteiger charge is -2.24. The zero-order valence-corrected chi connectivity index (χ0v) is 15.9. The van der Waals surface area contributed by atoms with Crippen LogP contribution in [-0.2, 0) is 9.59 Å². The first-order valence-corrected chi connectivity index (χ1v) is 8.46. The van der Waals surface area contributed by atoms with Gasteiger partial charge < -0.3 is 10.6 Å². The lowest BCUT2D eigenvalue weighted by molar-refractivity contribution is -0.135. The largest absolute Gasteiger partial charge is 0.325 e. The van der Waals surface area contributed by atoms with Crippen LogP contribution < -0.4 is 10.6 Å². The van der Waals surface area contributed by atoms with Crippen LogP contribution in [0.5, 0.6) is 0 Å². The van der Waals surface area contributed by atoms with E-state index < -0.39 is 5.41 Å². The average molecular weight is 359 g/mol. The van der Waals surface area contributed by atoms with Crippen LogP contribution >= 0.6 is 11.6 Å². The Kier molecular flexibility index (Phi) is 5.53. The summed E-state index contributed by atoms with van der Waals surface area (Å²) in [5.41, 5.74) is 2.90. The number of aryl methyl sites for hydroxylation is 3. The molecule has 0 atom stereocenters. The number of hydrogen-bond acceptors (Lipinski definition) is 2. The maximum absolute atomic E-state index is 12.7. The number of carbonyl (C=O) groups excluding carboxylic acids is 2. The van der Waals surface area contributed by atoms with E-state index >= 15 is 0 Å². The topological polar surface area (TPSA) is 58.2 Å². The molecule has 0 spiro atoms.